The average molecular weight is 282 g/mol. The summed E-state index contributed by atoms with van der Waals surface area (Å²) in [5.74, 6) is -0.0632. The van der Waals surface area contributed by atoms with Crippen LogP contribution in [0.5, 0.6) is 0 Å². The van der Waals surface area contributed by atoms with Crippen molar-refractivity contribution in [1.82, 2.24) is 5.32 Å². The van der Waals surface area contributed by atoms with Crippen molar-refractivity contribution in [3.63, 3.8) is 0 Å². The van der Waals surface area contributed by atoms with E-state index in [4.69, 9.17) is 0 Å². The van der Waals surface area contributed by atoms with Gasteiger partial charge in [0, 0.05) is 19.2 Å². The molecule has 0 aliphatic heterocycles. The molecule has 2 aromatic carbocycles. The van der Waals surface area contributed by atoms with Crippen LogP contribution in [0.2, 0.25) is 0 Å². The van der Waals surface area contributed by atoms with Crippen molar-refractivity contribution in [3.05, 3.63) is 54.1 Å². The van der Waals surface area contributed by atoms with Gasteiger partial charge in [0.25, 0.3) is 5.91 Å². The number of hydrogen-bond acceptors (Lipinski definition) is 2. The molecule has 0 saturated heterocycles. The monoisotopic (exact) mass is 282 g/mol. The van der Waals surface area contributed by atoms with Crippen molar-refractivity contribution < 1.29 is 4.79 Å². The zero-order valence-electron chi connectivity index (χ0n) is 12.6. The smallest absolute Gasteiger partial charge is 0.253 e. The van der Waals surface area contributed by atoms with Crippen molar-refractivity contribution in [1.29, 1.82) is 0 Å². The number of benzene rings is 2. The van der Waals surface area contributed by atoms with E-state index in [2.05, 4.69) is 35.8 Å². The third-order valence-corrected chi connectivity index (χ3v) is 3.45. The van der Waals surface area contributed by atoms with Gasteiger partial charge in [0.15, 0.2) is 0 Å². The highest BCUT2D eigenvalue weighted by molar-refractivity contribution is 6.03. The van der Waals surface area contributed by atoms with Crippen LogP contribution in [0.1, 0.15) is 30.1 Å². The second-order valence-corrected chi connectivity index (χ2v) is 4.95. The molecule has 2 rings (SSSR count). The molecule has 3 heteroatoms. The molecule has 2 aromatic rings. The summed E-state index contributed by atoms with van der Waals surface area (Å²) in [7, 11) is 1.66. The van der Waals surface area contributed by atoms with E-state index >= 15 is 0 Å². The Kier molecular flexibility index (Phi) is 5.38. The number of anilines is 1. The van der Waals surface area contributed by atoms with Crippen molar-refractivity contribution in [2.24, 2.45) is 0 Å². The molecule has 21 heavy (non-hydrogen) atoms. The van der Waals surface area contributed by atoms with Crippen LogP contribution in [0.4, 0.5) is 5.69 Å². The lowest BCUT2D eigenvalue weighted by Crippen LogP contribution is -2.20. The first-order valence-electron chi connectivity index (χ1n) is 7.42. The van der Waals surface area contributed by atoms with Gasteiger partial charge in [0.1, 0.15) is 0 Å². The highest BCUT2D eigenvalue weighted by atomic mass is 16.1. The number of carbonyl (C=O) groups excluding carboxylic acids is 1. The van der Waals surface area contributed by atoms with Crippen LogP contribution in [-0.4, -0.2) is 19.5 Å². The first-order chi connectivity index (χ1) is 10.3. The lowest BCUT2D eigenvalue weighted by Gasteiger charge is -2.16. The van der Waals surface area contributed by atoms with Gasteiger partial charge >= 0.3 is 0 Å². The summed E-state index contributed by atoms with van der Waals surface area (Å²) in [6.45, 7) is 3.02. The highest BCUT2D eigenvalue weighted by Crippen LogP contribution is 2.31. The van der Waals surface area contributed by atoms with Crippen LogP contribution in [0, 0.1) is 0 Å². The van der Waals surface area contributed by atoms with Crippen LogP contribution >= 0.6 is 0 Å². The van der Waals surface area contributed by atoms with Gasteiger partial charge in [-0.2, -0.15) is 0 Å². The number of para-hydroxylation sites is 1. The number of hydrogen-bond donors (Lipinski definition) is 2. The van der Waals surface area contributed by atoms with E-state index in [1.54, 1.807) is 7.05 Å². The summed E-state index contributed by atoms with van der Waals surface area (Å²) >= 11 is 0. The van der Waals surface area contributed by atoms with Gasteiger partial charge in [-0.3, -0.25) is 4.79 Å². The van der Waals surface area contributed by atoms with Crippen LogP contribution in [0.3, 0.4) is 0 Å². The van der Waals surface area contributed by atoms with E-state index in [0.717, 1.165) is 36.2 Å². The molecule has 0 fully saturated rings. The van der Waals surface area contributed by atoms with Gasteiger partial charge in [-0.15, -0.1) is 0 Å². The molecule has 1 amide bonds. The van der Waals surface area contributed by atoms with Crippen molar-refractivity contribution >= 4 is 11.6 Å². The maximum atomic E-state index is 12.1. The molecule has 0 aliphatic carbocycles. The third kappa shape index (κ3) is 3.63. The van der Waals surface area contributed by atoms with Crippen LogP contribution in [0.15, 0.2) is 48.5 Å². The highest BCUT2D eigenvalue weighted by Gasteiger charge is 2.14. The van der Waals surface area contributed by atoms with E-state index in [-0.39, 0.29) is 5.91 Å². The Morgan fingerprint density at radius 3 is 2.48 bits per heavy atom. The van der Waals surface area contributed by atoms with E-state index < -0.39 is 0 Å². The van der Waals surface area contributed by atoms with Crippen LogP contribution in [0.25, 0.3) is 11.1 Å². The fourth-order valence-corrected chi connectivity index (χ4v) is 2.32. The minimum atomic E-state index is -0.0632. The molecule has 3 nitrogen and oxygen atoms in total. The molecule has 2 N–H and O–H groups in total. The molecule has 0 aromatic heterocycles. The summed E-state index contributed by atoms with van der Waals surface area (Å²) in [6, 6.07) is 16.0. The lowest BCUT2D eigenvalue weighted by molar-refractivity contribution is 0.0964. The molecule has 0 spiro atoms. The molecule has 110 valence electrons. The number of carbonyl (C=O) groups is 1. The van der Waals surface area contributed by atoms with Gasteiger partial charge in [0.2, 0.25) is 0 Å². The van der Waals surface area contributed by atoms with E-state index in [1.807, 2.05) is 30.3 Å². The molecular weight excluding hydrogens is 260 g/mol. The number of amides is 1. The summed E-state index contributed by atoms with van der Waals surface area (Å²) in [5.41, 5.74) is 3.78. The van der Waals surface area contributed by atoms with Gasteiger partial charge in [-0.25, -0.2) is 0 Å². The van der Waals surface area contributed by atoms with Gasteiger partial charge in [-0.05, 0) is 18.1 Å². The predicted molar refractivity (Wildman–Crippen MR) is 88.7 cm³/mol. The number of rotatable bonds is 6. The minimum Gasteiger partial charge on any atom is -0.384 e. The van der Waals surface area contributed by atoms with Crippen molar-refractivity contribution in [2.45, 2.75) is 19.8 Å². The van der Waals surface area contributed by atoms with Crippen molar-refractivity contribution in [3.8, 4) is 11.1 Å². The Hall–Kier alpha value is -2.29. The summed E-state index contributed by atoms with van der Waals surface area (Å²) in [4.78, 5) is 12.1. The Morgan fingerprint density at radius 1 is 1.05 bits per heavy atom. The molecular formula is C18H22N2O. The zero-order valence-corrected chi connectivity index (χ0v) is 12.6. The van der Waals surface area contributed by atoms with E-state index in [0.29, 0.717) is 5.56 Å². The SMILES string of the molecule is CCCCNc1c(C(=O)NC)cccc1-c1ccccc1. The Bertz CT molecular complexity index is 593. The average Bonchev–Trinajstić information content (AvgIpc) is 2.55. The maximum Gasteiger partial charge on any atom is 0.253 e. The van der Waals surface area contributed by atoms with Gasteiger partial charge in [-0.1, -0.05) is 55.8 Å². The number of nitrogens with one attached hydrogen (secondary N) is 2. The molecule has 0 saturated carbocycles. The quantitative estimate of drug-likeness (QED) is 0.788. The Labute approximate surface area is 126 Å². The topological polar surface area (TPSA) is 41.1 Å². The molecule has 0 atom stereocenters. The Morgan fingerprint density at radius 2 is 1.81 bits per heavy atom. The summed E-state index contributed by atoms with van der Waals surface area (Å²) in [6.07, 6.45) is 2.20. The van der Waals surface area contributed by atoms with E-state index in [1.165, 1.54) is 0 Å². The standard InChI is InChI=1S/C18H22N2O/c1-3-4-13-20-17-15(14-9-6-5-7-10-14)11-8-12-16(17)18(21)19-2/h5-12,20H,3-4,13H2,1-2H3,(H,19,21). The third-order valence-electron chi connectivity index (χ3n) is 3.45. The largest absolute Gasteiger partial charge is 0.384 e. The fourth-order valence-electron chi connectivity index (χ4n) is 2.32. The summed E-state index contributed by atoms with van der Waals surface area (Å²) in [5, 5.41) is 6.15. The number of unbranched alkanes of at least 4 members (excludes halogenated alkanes) is 1. The first-order valence-corrected chi connectivity index (χ1v) is 7.42. The first kappa shape index (κ1) is 15.1. The van der Waals surface area contributed by atoms with Gasteiger partial charge in [0.05, 0.1) is 11.3 Å². The van der Waals surface area contributed by atoms with E-state index in [9.17, 15) is 4.79 Å². The molecule has 0 aliphatic rings. The van der Waals surface area contributed by atoms with Crippen molar-refractivity contribution in [2.75, 3.05) is 18.9 Å². The lowest BCUT2D eigenvalue weighted by atomic mass is 9.99. The second kappa shape index (κ2) is 7.48. The summed E-state index contributed by atoms with van der Waals surface area (Å²) < 4.78 is 0. The molecule has 0 heterocycles. The normalized spacial score (nSPS) is 10.2. The maximum absolute atomic E-state index is 12.1. The fraction of sp³-hybridized carbons (Fsp3) is 0.278. The molecule has 0 radical (unpaired) electrons. The second-order valence-electron chi connectivity index (χ2n) is 4.95. The van der Waals surface area contributed by atoms with Crippen LogP contribution < -0.4 is 10.6 Å². The molecule has 0 unspecified atom stereocenters. The van der Waals surface area contributed by atoms with Gasteiger partial charge < -0.3 is 10.6 Å². The van der Waals surface area contributed by atoms with Crippen LogP contribution in [-0.2, 0) is 0 Å². The minimum absolute atomic E-state index is 0.0632. The molecule has 0 bridgehead atoms. The Balaban J connectivity index is 2.45. The zero-order chi connectivity index (χ0) is 15.1. The predicted octanol–water partition coefficient (Wildman–Crippen LogP) is 3.93.